The van der Waals surface area contributed by atoms with Crippen LogP contribution < -0.4 is 0 Å². The van der Waals surface area contributed by atoms with Gasteiger partial charge >= 0.3 is 5.97 Å². The zero-order chi connectivity index (χ0) is 7.56. The van der Waals surface area contributed by atoms with Crippen LogP contribution in [-0.2, 0) is 9.53 Å². The van der Waals surface area contributed by atoms with E-state index in [1.807, 2.05) is 0 Å². The van der Waals surface area contributed by atoms with Gasteiger partial charge in [0.25, 0.3) is 0 Å². The number of rotatable bonds is 1. The van der Waals surface area contributed by atoms with E-state index in [-0.39, 0.29) is 12.1 Å². The monoisotopic (exact) mass is 142 g/mol. The Hall–Kier alpha value is -0.830. The average Bonchev–Trinajstić information content (AvgIpc) is 2.13. The van der Waals surface area contributed by atoms with Crippen LogP contribution in [0, 0.1) is 0 Å². The van der Waals surface area contributed by atoms with Crippen molar-refractivity contribution in [2.75, 3.05) is 0 Å². The van der Waals surface area contributed by atoms with Crippen molar-refractivity contribution in [3.63, 3.8) is 0 Å². The Morgan fingerprint density at radius 3 is 2.80 bits per heavy atom. The molecule has 1 aliphatic rings. The molecule has 0 aromatic heterocycles. The molecule has 0 bridgehead atoms. The maximum atomic E-state index is 10.4. The van der Waals surface area contributed by atoms with E-state index in [0.717, 1.165) is 0 Å². The molecule has 1 rings (SSSR count). The van der Waals surface area contributed by atoms with Crippen molar-refractivity contribution < 1.29 is 14.6 Å². The van der Waals surface area contributed by atoms with Crippen molar-refractivity contribution in [2.45, 2.75) is 25.6 Å². The van der Waals surface area contributed by atoms with Crippen LogP contribution >= 0.6 is 0 Å². The summed E-state index contributed by atoms with van der Waals surface area (Å²) in [5.74, 6) is -0.302. The molecule has 0 radical (unpaired) electrons. The lowest BCUT2D eigenvalue weighted by Gasteiger charge is -2.07. The Bertz CT molecular complexity index is 162. The van der Waals surface area contributed by atoms with Crippen LogP contribution in [0.15, 0.2) is 12.2 Å². The van der Waals surface area contributed by atoms with Gasteiger partial charge in [0.1, 0.15) is 6.10 Å². The van der Waals surface area contributed by atoms with Crippen LogP contribution in [0.5, 0.6) is 0 Å². The van der Waals surface area contributed by atoms with Gasteiger partial charge in [0.2, 0.25) is 0 Å². The van der Waals surface area contributed by atoms with Crippen LogP contribution in [0.1, 0.15) is 13.3 Å². The fraction of sp³-hybridized carbons (Fsp3) is 0.571. The zero-order valence-electron chi connectivity index (χ0n) is 5.78. The molecule has 1 N–H and O–H groups in total. The molecule has 56 valence electrons. The lowest BCUT2D eigenvalue weighted by molar-refractivity contribution is -0.144. The maximum absolute atomic E-state index is 10.4. The molecule has 3 nitrogen and oxygen atoms in total. The third-order valence-electron chi connectivity index (χ3n) is 1.34. The van der Waals surface area contributed by atoms with Gasteiger partial charge in [-0.05, 0) is 6.08 Å². The average molecular weight is 142 g/mol. The predicted molar refractivity (Wildman–Crippen MR) is 35.3 cm³/mol. The molecule has 0 saturated heterocycles. The number of carbonyl (C=O) groups excluding carboxylic acids is 1. The largest absolute Gasteiger partial charge is 0.458 e. The molecule has 3 heteroatoms. The Balaban J connectivity index is 2.33. The zero-order valence-corrected chi connectivity index (χ0v) is 5.78. The first-order valence-corrected chi connectivity index (χ1v) is 3.22. The highest BCUT2D eigenvalue weighted by Gasteiger charge is 2.18. The van der Waals surface area contributed by atoms with E-state index in [0.29, 0.717) is 6.42 Å². The van der Waals surface area contributed by atoms with E-state index in [1.165, 1.54) is 6.92 Å². The fourth-order valence-corrected chi connectivity index (χ4v) is 0.948. The number of ether oxygens (including phenoxy) is 1. The topological polar surface area (TPSA) is 46.5 Å². The standard InChI is InChI=1S/C7H10O3/c1-5(8)10-7-3-2-6(9)4-7/h2-3,6-7,9H,4H2,1H3/t6?,7-/m0/s1. The number of aliphatic hydroxyl groups excluding tert-OH is 1. The lowest BCUT2D eigenvalue weighted by Crippen LogP contribution is -2.13. The van der Waals surface area contributed by atoms with Crippen molar-refractivity contribution >= 4 is 5.97 Å². The quantitative estimate of drug-likeness (QED) is 0.421. The van der Waals surface area contributed by atoms with Crippen LogP contribution in [0.4, 0.5) is 0 Å². The van der Waals surface area contributed by atoms with E-state index in [2.05, 4.69) is 0 Å². The second-order valence-corrected chi connectivity index (χ2v) is 2.34. The Kier molecular flexibility index (Phi) is 2.06. The van der Waals surface area contributed by atoms with E-state index in [1.54, 1.807) is 12.2 Å². The van der Waals surface area contributed by atoms with Crippen LogP contribution in [0.3, 0.4) is 0 Å². The van der Waals surface area contributed by atoms with Gasteiger partial charge in [-0.15, -0.1) is 0 Å². The first-order chi connectivity index (χ1) is 4.68. The van der Waals surface area contributed by atoms with Crippen molar-refractivity contribution in [3.05, 3.63) is 12.2 Å². The molecule has 0 fully saturated rings. The summed E-state index contributed by atoms with van der Waals surface area (Å²) in [6.45, 7) is 1.36. The van der Waals surface area contributed by atoms with E-state index in [4.69, 9.17) is 9.84 Å². The Morgan fingerprint density at radius 1 is 1.70 bits per heavy atom. The minimum Gasteiger partial charge on any atom is -0.458 e. The SMILES string of the molecule is CC(=O)O[C@H]1C=CC(O)C1. The number of hydrogen-bond acceptors (Lipinski definition) is 3. The summed E-state index contributed by atoms with van der Waals surface area (Å²) in [5.41, 5.74) is 0. The van der Waals surface area contributed by atoms with Gasteiger partial charge in [0, 0.05) is 13.3 Å². The molecule has 0 heterocycles. The molecule has 10 heavy (non-hydrogen) atoms. The third kappa shape index (κ3) is 1.84. The second-order valence-electron chi connectivity index (χ2n) is 2.34. The fourth-order valence-electron chi connectivity index (χ4n) is 0.948. The molecule has 0 aromatic carbocycles. The van der Waals surface area contributed by atoms with Crippen molar-refractivity contribution in [1.29, 1.82) is 0 Å². The van der Waals surface area contributed by atoms with Crippen molar-refractivity contribution in [3.8, 4) is 0 Å². The Labute approximate surface area is 59.3 Å². The minimum atomic E-state index is -0.440. The van der Waals surface area contributed by atoms with Gasteiger partial charge < -0.3 is 9.84 Å². The Morgan fingerprint density at radius 2 is 2.40 bits per heavy atom. The molecule has 1 unspecified atom stereocenters. The number of esters is 1. The van der Waals surface area contributed by atoms with Gasteiger partial charge in [-0.25, -0.2) is 0 Å². The van der Waals surface area contributed by atoms with Gasteiger partial charge in [-0.1, -0.05) is 6.08 Å². The highest BCUT2D eigenvalue weighted by atomic mass is 16.5. The van der Waals surface area contributed by atoms with Gasteiger partial charge in [-0.3, -0.25) is 4.79 Å². The van der Waals surface area contributed by atoms with E-state index >= 15 is 0 Å². The third-order valence-corrected chi connectivity index (χ3v) is 1.34. The second kappa shape index (κ2) is 2.84. The van der Waals surface area contributed by atoms with Crippen molar-refractivity contribution in [1.82, 2.24) is 0 Å². The molecular weight excluding hydrogens is 132 g/mol. The molecule has 2 atom stereocenters. The first kappa shape index (κ1) is 7.28. The summed E-state index contributed by atoms with van der Waals surface area (Å²) in [6.07, 6.45) is 3.18. The summed E-state index contributed by atoms with van der Waals surface area (Å²) in [5, 5.41) is 8.93. The maximum Gasteiger partial charge on any atom is 0.303 e. The molecule has 0 saturated carbocycles. The molecule has 0 amide bonds. The normalized spacial score (nSPS) is 30.6. The van der Waals surface area contributed by atoms with E-state index < -0.39 is 6.10 Å². The van der Waals surface area contributed by atoms with Crippen molar-refractivity contribution in [2.24, 2.45) is 0 Å². The predicted octanol–water partition coefficient (Wildman–Crippen LogP) is 0.239. The smallest absolute Gasteiger partial charge is 0.303 e. The summed E-state index contributed by atoms with van der Waals surface area (Å²) in [4.78, 5) is 10.4. The molecule has 0 spiro atoms. The number of carbonyl (C=O) groups is 1. The number of hydrogen-bond donors (Lipinski definition) is 1. The molecule has 0 aromatic rings. The summed E-state index contributed by atoms with van der Waals surface area (Å²) >= 11 is 0. The molecular formula is C7H10O3. The molecule has 1 aliphatic carbocycles. The highest BCUT2D eigenvalue weighted by Crippen LogP contribution is 2.13. The molecule has 0 aliphatic heterocycles. The van der Waals surface area contributed by atoms with Gasteiger partial charge in [0.05, 0.1) is 6.10 Å². The highest BCUT2D eigenvalue weighted by molar-refractivity contribution is 5.66. The van der Waals surface area contributed by atoms with E-state index in [9.17, 15) is 4.79 Å². The van der Waals surface area contributed by atoms with Crippen LogP contribution in [-0.4, -0.2) is 23.3 Å². The van der Waals surface area contributed by atoms with Gasteiger partial charge in [0.15, 0.2) is 0 Å². The minimum absolute atomic E-state index is 0.215. The van der Waals surface area contributed by atoms with Crippen LogP contribution in [0.25, 0.3) is 0 Å². The number of aliphatic hydroxyl groups is 1. The van der Waals surface area contributed by atoms with Gasteiger partial charge in [-0.2, -0.15) is 0 Å². The first-order valence-electron chi connectivity index (χ1n) is 3.22. The summed E-state index contributed by atoms with van der Waals surface area (Å²) in [7, 11) is 0. The lowest BCUT2D eigenvalue weighted by atomic mass is 10.3. The summed E-state index contributed by atoms with van der Waals surface area (Å²) < 4.78 is 4.80. The summed E-state index contributed by atoms with van der Waals surface area (Å²) in [6, 6.07) is 0. The van der Waals surface area contributed by atoms with Crippen LogP contribution in [0.2, 0.25) is 0 Å².